The Kier molecular flexibility index (Phi) is 3.62. The normalized spacial score (nSPS) is 10.5. The van der Waals surface area contributed by atoms with Crippen LogP contribution in [-0.4, -0.2) is 16.8 Å². The van der Waals surface area contributed by atoms with E-state index in [-0.39, 0.29) is 12.3 Å². The molecule has 0 aliphatic rings. The molecule has 0 fully saturated rings. The molecule has 110 valence electrons. The van der Waals surface area contributed by atoms with Gasteiger partial charge >= 0.3 is 0 Å². The summed E-state index contributed by atoms with van der Waals surface area (Å²) in [6.07, 6.45) is 1.98. The number of aromatic amines is 1. The third-order valence-corrected chi connectivity index (χ3v) is 3.44. The fraction of sp³-hybridized carbons (Fsp3) is 0.0588. The number of carbonyl (C=O) groups is 2. The zero-order valence-corrected chi connectivity index (χ0v) is 11.8. The number of rotatable bonds is 3. The first-order valence-electron chi connectivity index (χ1n) is 6.88. The van der Waals surface area contributed by atoms with Crippen molar-refractivity contribution in [2.45, 2.75) is 6.42 Å². The first-order valence-corrected chi connectivity index (χ1v) is 6.88. The Bertz CT molecular complexity index is 852. The minimum absolute atomic E-state index is 0.138. The zero-order chi connectivity index (χ0) is 15.5. The van der Waals surface area contributed by atoms with Crippen LogP contribution in [0.25, 0.3) is 10.9 Å². The minimum atomic E-state index is -0.481. The molecule has 2 aromatic carbocycles. The molecule has 1 heterocycles. The lowest BCUT2D eigenvalue weighted by Crippen LogP contribution is -2.32. The Morgan fingerprint density at radius 1 is 1.09 bits per heavy atom. The standard InChI is InChI=1S/C17H15N3O2/c18-14-4-2-1-3-13(14)17(22)20-16(21)10-11-5-6-15-12(9-11)7-8-19-15/h1-9,19H,10,18H2,(H,20,21,22). The summed E-state index contributed by atoms with van der Waals surface area (Å²) < 4.78 is 0. The lowest BCUT2D eigenvalue weighted by molar-refractivity contribution is -0.119. The van der Waals surface area contributed by atoms with Crippen molar-refractivity contribution >= 4 is 28.4 Å². The van der Waals surface area contributed by atoms with Crippen LogP contribution in [0.3, 0.4) is 0 Å². The summed E-state index contributed by atoms with van der Waals surface area (Å²) in [5.41, 5.74) is 8.23. The summed E-state index contributed by atoms with van der Waals surface area (Å²) in [5, 5.41) is 3.39. The lowest BCUT2D eigenvalue weighted by Gasteiger charge is -2.06. The van der Waals surface area contributed by atoms with Gasteiger partial charge in [0.05, 0.1) is 12.0 Å². The van der Waals surface area contributed by atoms with Gasteiger partial charge in [-0.3, -0.25) is 14.9 Å². The van der Waals surface area contributed by atoms with Gasteiger partial charge in [0.2, 0.25) is 5.91 Å². The highest BCUT2D eigenvalue weighted by molar-refractivity contribution is 6.07. The van der Waals surface area contributed by atoms with Crippen LogP contribution in [0.5, 0.6) is 0 Å². The average Bonchev–Trinajstić information content (AvgIpc) is 2.95. The number of H-pyrrole nitrogens is 1. The van der Waals surface area contributed by atoms with Gasteiger partial charge in [-0.1, -0.05) is 18.2 Å². The maximum absolute atomic E-state index is 12.0. The number of fused-ring (bicyclic) bond motifs is 1. The SMILES string of the molecule is Nc1ccccc1C(=O)NC(=O)Cc1ccc2[nH]ccc2c1. The molecule has 0 bridgehead atoms. The zero-order valence-electron chi connectivity index (χ0n) is 11.8. The quantitative estimate of drug-likeness (QED) is 0.647. The number of hydrogen-bond acceptors (Lipinski definition) is 3. The number of nitrogen functional groups attached to an aromatic ring is 1. The summed E-state index contributed by atoms with van der Waals surface area (Å²) in [5.74, 6) is -0.839. The van der Waals surface area contributed by atoms with E-state index in [0.29, 0.717) is 11.3 Å². The second-order valence-corrected chi connectivity index (χ2v) is 5.04. The Morgan fingerprint density at radius 2 is 1.91 bits per heavy atom. The van der Waals surface area contributed by atoms with Crippen molar-refractivity contribution in [3.05, 3.63) is 65.9 Å². The molecule has 0 radical (unpaired) electrons. The van der Waals surface area contributed by atoms with Crippen molar-refractivity contribution in [1.82, 2.24) is 10.3 Å². The predicted molar refractivity (Wildman–Crippen MR) is 85.3 cm³/mol. The van der Waals surface area contributed by atoms with Gasteiger partial charge < -0.3 is 10.7 Å². The van der Waals surface area contributed by atoms with Crippen LogP contribution >= 0.6 is 0 Å². The maximum Gasteiger partial charge on any atom is 0.259 e. The largest absolute Gasteiger partial charge is 0.398 e. The molecule has 5 nitrogen and oxygen atoms in total. The minimum Gasteiger partial charge on any atom is -0.398 e. The average molecular weight is 293 g/mol. The number of amides is 2. The lowest BCUT2D eigenvalue weighted by atomic mass is 10.1. The van der Waals surface area contributed by atoms with Gasteiger partial charge in [0.15, 0.2) is 0 Å². The van der Waals surface area contributed by atoms with E-state index in [0.717, 1.165) is 16.5 Å². The van der Waals surface area contributed by atoms with Crippen LogP contribution in [0, 0.1) is 0 Å². The molecule has 4 N–H and O–H groups in total. The molecule has 0 spiro atoms. The van der Waals surface area contributed by atoms with Crippen LogP contribution in [0.4, 0.5) is 5.69 Å². The summed E-state index contributed by atoms with van der Waals surface area (Å²) in [7, 11) is 0. The number of hydrogen-bond donors (Lipinski definition) is 3. The summed E-state index contributed by atoms with van der Waals surface area (Å²) in [6.45, 7) is 0. The molecule has 3 rings (SSSR count). The van der Waals surface area contributed by atoms with E-state index in [9.17, 15) is 9.59 Å². The number of anilines is 1. The van der Waals surface area contributed by atoms with Gasteiger partial charge in [-0.05, 0) is 41.3 Å². The molecule has 0 aliphatic heterocycles. The molecular weight excluding hydrogens is 278 g/mol. The number of para-hydroxylation sites is 1. The fourth-order valence-corrected chi connectivity index (χ4v) is 2.34. The second-order valence-electron chi connectivity index (χ2n) is 5.04. The molecule has 2 amide bonds. The number of nitrogens with two attached hydrogens (primary N) is 1. The van der Waals surface area contributed by atoms with E-state index in [4.69, 9.17) is 5.73 Å². The van der Waals surface area contributed by atoms with Gasteiger partial charge in [0.1, 0.15) is 0 Å². The van der Waals surface area contributed by atoms with Crippen LogP contribution in [0.2, 0.25) is 0 Å². The van der Waals surface area contributed by atoms with E-state index >= 15 is 0 Å². The molecule has 5 heteroatoms. The highest BCUT2D eigenvalue weighted by atomic mass is 16.2. The first kappa shape index (κ1) is 13.9. The van der Waals surface area contributed by atoms with E-state index in [1.807, 2.05) is 30.5 Å². The van der Waals surface area contributed by atoms with Crippen LogP contribution in [-0.2, 0) is 11.2 Å². The van der Waals surface area contributed by atoms with E-state index in [1.54, 1.807) is 24.3 Å². The number of benzene rings is 2. The van der Waals surface area contributed by atoms with Crippen molar-refractivity contribution in [3.63, 3.8) is 0 Å². The molecule has 0 saturated carbocycles. The Morgan fingerprint density at radius 3 is 2.73 bits per heavy atom. The predicted octanol–water partition coefficient (Wildman–Crippen LogP) is 2.25. The Balaban J connectivity index is 1.69. The van der Waals surface area contributed by atoms with E-state index in [1.165, 1.54) is 0 Å². The number of nitrogens with one attached hydrogen (secondary N) is 2. The molecular formula is C17H15N3O2. The molecule has 3 aromatic rings. The van der Waals surface area contributed by atoms with Gasteiger partial charge in [0.25, 0.3) is 5.91 Å². The van der Waals surface area contributed by atoms with E-state index in [2.05, 4.69) is 10.3 Å². The molecule has 1 aromatic heterocycles. The summed E-state index contributed by atoms with van der Waals surface area (Å²) in [6, 6.07) is 14.3. The topological polar surface area (TPSA) is 88.0 Å². The van der Waals surface area contributed by atoms with Crippen molar-refractivity contribution in [2.75, 3.05) is 5.73 Å². The Hall–Kier alpha value is -3.08. The van der Waals surface area contributed by atoms with Crippen molar-refractivity contribution in [1.29, 1.82) is 0 Å². The monoisotopic (exact) mass is 293 g/mol. The van der Waals surface area contributed by atoms with Gasteiger partial charge in [0, 0.05) is 17.4 Å². The van der Waals surface area contributed by atoms with Gasteiger partial charge in [-0.15, -0.1) is 0 Å². The smallest absolute Gasteiger partial charge is 0.259 e. The van der Waals surface area contributed by atoms with Crippen LogP contribution in [0.1, 0.15) is 15.9 Å². The molecule has 22 heavy (non-hydrogen) atoms. The summed E-state index contributed by atoms with van der Waals surface area (Å²) in [4.78, 5) is 27.1. The highest BCUT2D eigenvalue weighted by Crippen LogP contribution is 2.15. The van der Waals surface area contributed by atoms with Crippen LogP contribution in [0.15, 0.2) is 54.7 Å². The summed E-state index contributed by atoms with van der Waals surface area (Å²) >= 11 is 0. The maximum atomic E-state index is 12.0. The molecule has 0 atom stereocenters. The molecule has 0 aliphatic carbocycles. The molecule has 0 unspecified atom stereocenters. The van der Waals surface area contributed by atoms with Gasteiger partial charge in [-0.2, -0.15) is 0 Å². The second kappa shape index (κ2) is 5.73. The fourth-order valence-electron chi connectivity index (χ4n) is 2.34. The highest BCUT2D eigenvalue weighted by Gasteiger charge is 2.13. The third-order valence-electron chi connectivity index (χ3n) is 3.44. The van der Waals surface area contributed by atoms with Gasteiger partial charge in [-0.25, -0.2) is 0 Å². The van der Waals surface area contributed by atoms with Crippen LogP contribution < -0.4 is 11.1 Å². The number of imide groups is 1. The third kappa shape index (κ3) is 2.83. The first-order chi connectivity index (χ1) is 10.6. The van der Waals surface area contributed by atoms with Crippen molar-refractivity contribution < 1.29 is 9.59 Å². The Labute approximate surface area is 127 Å². The number of aromatic nitrogens is 1. The molecule has 0 saturated heterocycles. The van der Waals surface area contributed by atoms with E-state index < -0.39 is 5.91 Å². The van der Waals surface area contributed by atoms with Crippen molar-refractivity contribution in [2.24, 2.45) is 0 Å². The number of carbonyl (C=O) groups excluding carboxylic acids is 2. The van der Waals surface area contributed by atoms with Crippen molar-refractivity contribution in [3.8, 4) is 0 Å².